The van der Waals surface area contributed by atoms with Crippen LogP contribution in [0.15, 0.2) is 97.2 Å². The number of amides is 2. The molecule has 2 aliphatic rings. The minimum Gasteiger partial charge on any atom is -0.329 e. The van der Waals surface area contributed by atoms with E-state index >= 15 is 0 Å². The van der Waals surface area contributed by atoms with Crippen LogP contribution in [0.4, 0.5) is 5.69 Å². The van der Waals surface area contributed by atoms with E-state index < -0.39 is 5.38 Å². The van der Waals surface area contributed by atoms with E-state index in [0.29, 0.717) is 0 Å². The van der Waals surface area contributed by atoms with Crippen LogP contribution in [0.3, 0.4) is 0 Å². The van der Waals surface area contributed by atoms with Gasteiger partial charge in [0, 0.05) is 12.2 Å². The van der Waals surface area contributed by atoms with E-state index in [4.69, 9.17) is 11.6 Å². The molecule has 1 aromatic heterocycles. The number of anilines is 1. The van der Waals surface area contributed by atoms with E-state index in [1.54, 1.807) is 4.90 Å². The molecule has 186 valence electrons. The van der Waals surface area contributed by atoms with Crippen molar-refractivity contribution in [2.24, 2.45) is 0 Å². The molecule has 1 fully saturated rings. The Labute approximate surface area is 221 Å². The highest BCUT2D eigenvalue weighted by Crippen LogP contribution is 2.43. The average Bonchev–Trinajstić information content (AvgIpc) is 3.66. The van der Waals surface area contributed by atoms with Gasteiger partial charge in [0.25, 0.3) is 0 Å². The highest BCUT2D eigenvalue weighted by atomic mass is 35.5. The standard InChI is InChI=1S/C31H28ClN3O2/c1-21-13-15-23(16-14-21)30-27-12-7-19-33(27)25-10-5-6-11-26(25)35(30)28(36)20-34(24-17-18-24)31(37)29(32)22-8-3-2-4-9-22/h2-16,19,24,29-30H,17-18,20H2,1H3. The molecule has 0 bridgehead atoms. The molecule has 2 amide bonds. The topological polar surface area (TPSA) is 45.6 Å². The van der Waals surface area contributed by atoms with E-state index in [-0.39, 0.29) is 30.4 Å². The predicted octanol–water partition coefficient (Wildman–Crippen LogP) is 6.19. The minimum absolute atomic E-state index is 0.0169. The van der Waals surface area contributed by atoms with Crippen LogP contribution in [0.2, 0.25) is 0 Å². The molecule has 2 atom stereocenters. The number of halogens is 1. The number of hydrogen-bond donors (Lipinski definition) is 0. The predicted molar refractivity (Wildman–Crippen MR) is 146 cm³/mol. The first-order chi connectivity index (χ1) is 18.0. The highest BCUT2D eigenvalue weighted by molar-refractivity contribution is 6.31. The first-order valence-corrected chi connectivity index (χ1v) is 13.1. The summed E-state index contributed by atoms with van der Waals surface area (Å²) in [5.41, 5.74) is 5.72. The van der Waals surface area contributed by atoms with E-state index in [0.717, 1.165) is 46.6 Å². The van der Waals surface area contributed by atoms with Crippen molar-refractivity contribution in [2.45, 2.75) is 37.2 Å². The van der Waals surface area contributed by atoms with Gasteiger partial charge < -0.3 is 9.47 Å². The number of fused-ring (bicyclic) bond motifs is 3. The molecule has 3 aromatic carbocycles. The Kier molecular flexibility index (Phi) is 6.09. The second-order valence-corrected chi connectivity index (χ2v) is 10.3. The second-order valence-electron chi connectivity index (χ2n) is 9.84. The van der Waals surface area contributed by atoms with Crippen molar-refractivity contribution in [3.05, 3.63) is 120 Å². The maximum atomic E-state index is 14.2. The lowest BCUT2D eigenvalue weighted by Crippen LogP contribution is -2.48. The second kappa shape index (κ2) is 9.56. The number of benzene rings is 3. The molecule has 0 saturated heterocycles. The van der Waals surface area contributed by atoms with E-state index in [1.165, 1.54) is 0 Å². The Morgan fingerprint density at radius 3 is 2.27 bits per heavy atom. The monoisotopic (exact) mass is 509 g/mol. The summed E-state index contributed by atoms with van der Waals surface area (Å²) in [6.07, 6.45) is 3.81. The Hall–Kier alpha value is -3.83. The van der Waals surface area contributed by atoms with Gasteiger partial charge in [-0.25, -0.2) is 0 Å². The molecule has 1 aliphatic carbocycles. The van der Waals surface area contributed by atoms with Crippen LogP contribution in [0.25, 0.3) is 5.69 Å². The number of aryl methyl sites for hydroxylation is 1. The number of rotatable bonds is 6. The minimum atomic E-state index is -0.826. The van der Waals surface area contributed by atoms with Crippen molar-refractivity contribution >= 4 is 29.1 Å². The average molecular weight is 510 g/mol. The van der Waals surface area contributed by atoms with Crippen LogP contribution in [0.5, 0.6) is 0 Å². The summed E-state index contributed by atoms with van der Waals surface area (Å²) in [6.45, 7) is 2.04. The molecule has 0 N–H and O–H groups in total. The quantitative estimate of drug-likeness (QED) is 0.291. The third-order valence-corrected chi connectivity index (χ3v) is 7.71. The number of para-hydroxylation sites is 2. The van der Waals surface area contributed by atoms with Gasteiger partial charge in [0.15, 0.2) is 0 Å². The first kappa shape index (κ1) is 23.6. The fourth-order valence-corrected chi connectivity index (χ4v) is 5.50. The fraction of sp³-hybridized carbons (Fsp3) is 0.226. The van der Waals surface area contributed by atoms with E-state index in [9.17, 15) is 9.59 Å². The Morgan fingerprint density at radius 2 is 1.57 bits per heavy atom. The molecule has 2 unspecified atom stereocenters. The molecule has 1 aliphatic heterocycles. The molecule has 37 heavy (non-hydrogen) atoms. The summed E-state index contributed by atoms with van der Waals surface area (Å²) < 4.78 is 2.15. The van der Waals surface area contributed by atoms with Crippen LogP contribution in [-0.4, -0.2) is 33.9 Å². The van der Waals surface area contributed by atoms with Gasteiger partial charge in [-0.1, -0.05) is 72.3 Å². The normalized spacial score (nSPS) is 17.0. The number of aromatic nitrogens is 1. The van der Waals surface area contributed by atoms with Gasteiger partial charge in [-0.2, -0.15) is 0 Å². The van der Waals surface area contributed by atoms with Crippen molar-refractivity contribution in [3.63, 3.8) is 0 Å². The molecule has 0 radical (unpaired) electrons. The summed E-state index contributed by atoms with van der Waals surface area (Å²) in [7, 11) is 0. The Bertz CT molecular complexity index is 1440. The van der Waals surface area contributed by atoms with Gasteiger partial charge >= 0.3 is 0 Å². The maximum absolute atomic E-state index is 14.2. The van der Waals surface area contributed by atoms with Crippen LogP contribution < -0.4 is 4.90 Å². The Morgan fingerprint density at radius 1 is 0.892 bits per heavy atom. The molecule has 0 spiro atoms. The molecule has 4 aromatic rings. The molecule has 5 nitrogen and oxygen atoms in total. The molecule has 6 rings (SSSR count). The van der Waals surface area contributed by atoms with Crippen molar-refractivity contribution in [1.82, 2.24) is 9.47 Å². The zero-order valence-corrected chi connectivity index (χ0v) is 21.4. The van der Waals surface area contributed by atoms with E-state index in [2.05, 4.69) is 41.8 Å². The van der Waals surface area contributed by atoms with Gasteiger partial charge in [0.2, 0.25) is 11.8 Å². The lowest BCUT2D eigenvalue weighted by atomic mass is 9.97. The van der Waals surface area contributed by atoms with Crippen LogP contribution >= 0.6 is 11.6 Å². The smallest absolute Gasteiger partial charge is 0.247 e. The third-order valence-electron chi connectivity index (χ3n) is 7.27. The van der Waals surface area contributed by atoms with Crippen molar-refractivity contribution < 1.29 is 9.59 Å². The number of nitrogens with zero attached hydrogens (tertiary/aromatic N) is 3. The molecule has 6 heteroatoms. The summed E-state index contributed by atoms with van der Waals surface area (Å²) in [4.78, 5) is 31.3. The number of hydrogen-bond acceptors (Lipinski definition) is 2. The summed E-state index contributed by atoms with van der Waals surface area (Å²) in [5.74, 6) is -0.341. The molecular weight excluding hydrogens is 482 g/mol. The zero-order chi connectivity index (χ0) is 25.5. The SMILES string of the molecule is Cc1ccc(C2c3cccn3-c3ccccc3N2C(=O)CN(C(=O)C(Cl)c2ccccc2)C2CC2)cc1. The van der Waals surface area contributed by atoms with Gasteiger partial charge in [-0.05, 0) is 55.2 Å². The van der Waals surface area contributed by atoms with Crippen molar-refractivity contribution in [1.29, 1.82) is 0 Å². The molecule has 2 heterocycles. The zero-order valence-electron chi connectivity index (χ0n) is 20.6. The first-order valence-electron chi connectivity index (χ1n) is 12.7. The summed E-state index contributed by atoms with van der Waals surface area (Å²) >= 11 is 6.65. The lowest BCUT2D eigenvalue weighted by Gasteiger charge is -2.39. The maximum Gasteiger partial charge on any atom is 0.247 e. The van der Waals surface area contributed by atoms with Gasteiger partial charge in [0.05, 0.1) is 17.1 Å². The van der Waals surface area contributed by atoms with Gasteiger partial charge in [-0.15, -0.1) is 11.6 Å². The van der Waals surface area contributed by atoms with Crippen LogP contribution in [0, 0.1) is 6.92 Å². The van der Waals surface area contributed by atoms with E-state index in [1.807, 2.05) is 71.8 Å². The van der Waals surface area contributed by atoms with Gasteiger partial charge in [-0.3, -0.25) is 14.5 Å². The van der Waals surface area contributed by atoms with Crippen molar-refractivity contribution in [2.75, 3.05) is 11.4 Å². The fourth-order valence-electron chi connectivity index (χ4n) is 5.23. The number of alkyl halides is 1. The summed E-state index contributed by atoms with van der Waals surface area (Å²) in [5, 5.41) is -0.826. The Balaban J connectivity index is 1.38. The van der Waals surface area contributed by atoms with Crippen molar-refractivity contribution in [3.8, 4) is 5.69 Å². The number of carbonyl (C=O) groups is 2. The van der Waals surface area contributed by atoms with Gasteiger partial charge in [0.1, 0.15) is 18.0 Å². The molecule has 1 saturated carbocycles. The number of carbonyl (C=O) groups excluding carboxylic acids is 2. The largest absolute Gasteiger partial charge is 0.329 e. The highest BCUT2D eigenvalue weighted by Gasteiger charge is 2.41. The molecular formula is C31H28ClN3O2. The lowest BCUT2D eigenvalue weighted by molar-refractivity contribution is -0.135. The van der Waals surface area contributed by atoms with Crippen LogP contribution in [-0.2, 0) is 9.59 Å². The third kappa shape index (κ3) is 4.34. The summed E-state index contributed by atoms with van der Waals surface area (Å²) in [6, 6.07) is 29.4. The van der Waals surface area contributed by atoms with Crippen LogP contribution in [0.1, 0.15) is 46.6 Å².